The molecule has 1 aromatic carbocycles. The van der Waals surface area contributed by atoms with Gasteiger partial charge in [0.1, 0.15) is 0 Å². The number of benzene rings is 1. The first-order chi connectivity index (χ1) is 15.2. The Morgan fingerprint density at radius 1 is 1.00 bits per heavy atom. The number of aromatic nitrogens is 2. The van der Waals surface area contributed by atoms with E-state index in [1.54, 1.807) is 32.4 Å². The van der Waals surface area contributed by atoms with Crippen LogP contribution in [0.5, 0.6) is 0 Å². The van der Waals surface area contributed by atoms with Crippen LogP contribution in [0.4, 0.5) is 0 Å². The van der Waals surface area contributed by atoms with Gasteiger partial charge in [-0.2, -0.15) is 0 Å². The third-order valence-electron chi connectivity index (χ3n) is 5.48. The maximum absolute atomic E-state index is 12.8. The minimum absolute atomic E-state index is 0.0260. The van der Waals surface area contributed by atoms with Crippen molar-refractivity contribution in [2.45, 2.75) is 45.6 Å². The van der Waals surface area contributed by atoms with Crippen molar-refractivity contribution in [2.24, 2.45) is 0 Å². The molecule has 32 heavy (non-hydrogen) atoms. The van der Waals surface area contributed by atoms with Gasteiger partial charge in [-0.3, -0.25) is 14.8 Å². The van der Waals surface area contributed by atoms with Gasteiger partial charge in [-0.25, -0.2) is 13.1 Å². The van der Waals surface area contributed by atoms with E-state index < -0.39 is 10.0 Å². The van der Waals surface area contributed by atoms with Crippen molar-refractivity contribution in [3.8, 4) is 11.3 Å². The van der Waals surface area contributed by atoms with Gasteiger partial charge in [0.2, 0.25) is 15.9 Å². The van der Waals surface area contributed by atoms with Crippen molar-refractivity contribution < 1.29 is 13.2 Å². The number of hydrogen-bond acceptors (Lipinski definition) is 5. The molecule has 1 amide bonds. The fraction of sp³-hybridized carbons (Fsp3) is 0.292. The van der Waals surface area contributed by atoms with E-state index in [4.69, 9.17) is 0 Å². The number of pyridine rings is 2. The highest BCUT2D eigenvalue weighted by Crippen LogP contribution is 2.25. The normalized spacial score (nSPS) is 11.4. The van der Waals surface area contributed by atoms with Gasteiger partial charge in [-0.15, -0.1) is 0 Å². The summed E-state index contributed by atoms with van der Waals surface area (Å²) in [4.78, 5) is 21.0. The molecule has 0 saturated heterocycles. The van der Waals surface area contributed by atoms with Gasteiger partial charge in [0.25, 0.3) is 0 Å². The van der Waals surface area contributed by atoms with Crippen molar-refractivity contribution in [3.05, 3.63) is 76.7 Å². The van der Waals surface area contributed by atoms with Crippen LogP contribution in [0, 0.1) is 27.7 Å². The Morgan fingerprint density at radius 2 is 1.72 bits per heavy atom. The lowest BCUT2D eigenvalue weighted by atomic mass is 10.0. The number of amides is 1. The Kier molecular flexibility index (Phi) is 7.37. The van der Waals surface area contributed by atoms with E-state index in [0.717, 1.165) is 39.1 Å². The summed E-state index contributed by atoms with van der Waals surface area (Å²) in [7, 11) is -3.71. The molecular formula is C24H28N4O3S. The Morgan fingerprint density at radius 3 is 2.31 bits per heavy atom. The molecule has 8 heteroatoms. The fourth-order valence-corrected chi connectivity index (χ4v) is 5.10. The zero-order valence-electron chi connectivity index (χ0n) is 18.8. The lowest BCUT2D eigenvalue weighted by Gasteiger charge is -2.16. The van der Waals surface area contributed by atoms with Crippen LogP contribution < -0.4 is 10.0 Å². The largest absolute Gasteiger partial charge is 0.352 e. The first kappa shape index (κ1) is 23.6. The molecule has 2 N–H and O–H groups in total. The summed E-state index contributed by atoms with van der Waals surface area (Å²) in [5.74, 6) is -0.238. The molecule has 0 fully saturated rings. The summed E-state index contributed by atoms with van der Waals surface area (Å²) in [6.07, 6.45) is 5.20. The number of sulfonamides is 1. The third kappa shape index (κ3) is 5.57. The van der Waals surface area contributed by atoms with Crippen LogP contribution in [0.2, 0.25) is 0 Å². The average Bonchev–Trinajstić information content (AvgIpc) is 2.77. The summed E-state index contributed by atoms with van der Waals surface area (Å²) >= 11 is 0. The maximum Gasteiger partial charge on any atom is 0.241 e. The lowest BCUT2D eigenvalue weighted by molar-refractivity contribution is -0.121. The Balaban J connectivity index is 1.52. The van der Waals surface area contributed by atoms with E-state index in [1.807, 2.05) is 44.2 Å². The van der Waals surface area contributed by atoms with Gasteiger partial charge in [-0.1, -0.05) is 12.1 Å². The molecule has 2 aromatic heterocycles. The molecule has 0 radical (unpaired) electrons. The molecule has 2 heterocycles. The predicted octanol–water partition coefficient (Wildman–Crippen LogP) is 3.36. The quantitative estimate of drug-likeness (QED) is 0.546. The molecule has 0 aliphatic carbocycles. The minimum atomic E-state index is -3.71. The van der Waals surface area contributed by atoms with E-state index in [-0.39, 0.29) is 18.9 Å². The van der Waals surface area contributed by atoms with E-state index in [1.165, 1.54) is 0 Å². The fourth-order valence-electron chi connectivity index (χ4n) is 3.46. The summed E-state index contributed by atoms with van der Waals surface area (Å²) in [6.45, 7) is 7.74. The molecular weight excluding hydrogens is 424 g/mol. The zero-order chi connectivity index (χ0) is 23.3. The number of carbonyl (C=O) groups excluding carboxylic acids is 1. The Hall–Kier alpha value is -3.10. The summed E-state index contributed by atoms with van der Waals surface area (Å²) in [5.41, 5.74) is 5.89. The molecule has 0 aliphatic rings. The van der Waals surface area contributed by atoms with Crippen LogP contribution in [-0.4, -0.2) is 30.8 Å². The van der Waals surface area contributed by atoms with E-state index >= 15 is 0 Å². The van der Waals surface area contributed by atoms with E-state index in [2.05, 4.69) is 20.0 Å². The van der Waals surface area contributed by atoms with Gasteiger partial charge >= 0.3 is 0 Å². The van der Waals surface area contributed by atoms with Crippen molar-refractivity contribution in [1.29, 1.82) is 0 Å². The van der Waals surface area contributed by atoms with Crippen molar-refractivity contribution in [2.75, 3.05) is 6.54 Å². The molecule has 0 atom stereocenters. The predicted molar refractivity (Wildman–Crippen MR) is 125 cm³/mol. The highest BCUT2D eigenvalue weighted by molar-refractivity contribution is 7.89. The second kappa shape index (κ2) is 10.0. The van der Waals surface area contributed by atoms with Gasteiger partial charge in [0, 0.05) is 43.7 Å². The molecule has 168 valence electrons. The second-order valence-electron chi connectivity index (χ2n) is 7.81. The van der Waals surface area contributed by atoms with Crippen LogP contribution >= 0.6 is 0 Å². The minimum Gasteiger partial charge on any atom is -0.352 e. The number of rotatable bonds is 8. The van der Waals surface area contributed by atoms with Crippen LogP contribution in [0.15, 0.2) is 53.8 Å². The number of carbonyl (C=O) groups is 1. The van der Waals surface area contributed by atoms with Gasteiger partial charge < -0.3 is 5.32 Å². The number of aryl methyl sites for hydroxylation is 2. The molecule has 0 bridgehead atoms. The van der Waals surface area contributed by atoms with Gasteiger partial charge in [-0.05, 0) is 73.7 Å². The van der Waals surface area contributed by atoms with Crippen LogP contribution in [0.1, 0.15) is 34.2 Å². The first-order valence-electron chi connectivity index (χ1n) is 10.4. The number of nitrogens with one attached hydrogen (secondary N) is 2. The first-order valence-corrected chi connectivity index (χ1v) is 11.9. The maximum atomic E-state index is 12.8. The van der Waals surface area contributed by atoms with Crippen LogP contribution in [0.25, 0.3) is 11.3 Å². The average molecular weight is 453 g/mol. The SMILES string of the molecule is Cc1cc(C)c(C)c(S(=O)(=O)NCCC(=O)NCc2ccc(-c3cccnc3)nc2)c1C. The highest BCUT2D eigenvalue weighted by Gasteiger charge is 2.21. The van der Waals surface area contributed by atoms with Crippen molar-refractivity contribution in [3.63, 3.8) is 0 Å². The highest BCUT2D eigenvalue weighted by atomic mass is 32.2. The topological polar surface area (TPSA) is 101 Å². The number of hydrogen-bond donors (Lipinski definition) is 2. The van der Waals surface area contributed by atoms with Crippen LogP contribution in [0.3, 0.4) is 0 Å². The second-order valence-corrected chi connectivity index (χ2v) is 9.51. The molecule has 0 saturated carbocycles. The standard InChI is InChI=1S/C24H28N4O3S/c1-16-12-17(2)19(4)24(18(16)3)32(30,31)28-11-9-23(29)27-14-20-7-8-22(26-13-20)21-6-5-10-25-15-21/h5-8,10,12-13,15,28H,9,11,14H2,1-4H3,(H,27,29). The molecule has 0 unspecified atom stereocenters. The van der Waals surface area contributed by atoms with Crippen molar-refractivity contribution >= 4 is 15.9 Å². The molecule has 7 nitrogen and oxygen atoms in total. The van der Waals surface area contributed by atoms with E-state index in [9.17, 15) is 13.2 Å². The Labute approximate surface area is 189 Å². The van der Waals surface area contributed by atoms with Gasteiger partial charge in [0.15, 0.2) is 0 Å². The Bertz CT molecular complexity index is 1180. The molecule has 0 aliphatic heterocycles. The third-order valence-corrected chi connectivity index (χ3v) is 7.22. The van der Waals surface area contributed by atoms with E-state index in [0.29, 0.717) is 11.4 Å². The zero-order valence-corrected chi connectivity index (χ0v) is 19.6. The monoisotopic (exact) mass is 452 g/mol. The molecule has 3 aromatic rings. The lowest BCUT2D eigenvalue weighted by Crippen LogP contribution is -2.31. The summed E-state index contributed by atoms with van der Waals surface area (Å²) in [6, 6.07) is 9.53. The summed E-state index contributed by atoms with van der Waals surface area (Å²) in [5, 5.41) is 2.80. The van der Waals surface area contributed by atoms with Crippen LogP contribution in [-0.2, 0) is 21.4 Å². The number of nitrogens with zero attached hydrogens (tertiary/aromatic N) is 2. The molecule has 0 spiro atoms. The summed E-state index contributed by atoms with van der Waals surface area (Å²) < 4.78 is 28.2. The molecule has 3 rings (SSSR count). The van der Waals surface area contributed by atoms with Gasteiger partial charge in [0.05, 0.1) is 10.6 Å². The smallest absolute Gasteiger partial charge is 0.241 e. The van der Waals surface area contributed by atoms with Crippen molar-refractivity contribution in [1.82, 2.24) is 20.0 Å².